The third-order valence-corrected chi connectivity index (χ3v) is 2.99. The number of hydrogen-bond acceptors (Lipinski definition) is 2. The number of anilines is 1. The SMILES string of the molecule is O=C(Nc1ccc(OC(F)F)cc1)[C@@H]1CC=CCC1. The van der Waals surface area contributed by atoms with Crippen LogP contribution in [0.3, 0.4) is 0 Å². The zero-order chi connectivity index (χ0) is 13.7. The molecular formula is C14H15F2NO2. The zero-order valence-corrected chi connectivity index (χ0v) is 10.3. The number of nitrogens with one attached hydrogen (secondary N) is 1. The highest BCUT2D eigenvalue weighted by Crippen LogP contribution is 2.22. The van der Waals surface area contributed by atoms with Crippen LogP contribution in [0.15, 0.2) is 36.4 Å². The lowest BCUT2D eigenvalue weighted by Gasteiger charge is -2.17. The van der Waals surface area contributed by atoms with Gasteiger partial charge < -0.3 is 10.1 Å². The van der Waals surface area contributed by atoms with Crippen LogP contribution in [0.1, 0.15) is 19.3 Å². The fourth-order valence-corrected chi connectivity index (χ4v) is 2.00. The van der Waals surface area contributed by atoms with Gasteiger partial charge in [0.05, 0.1) is 0 Å². The van der Waals surface area contributed by atoms with Gasteiger partial charge in [0.1, 0.15) is 5.75 Å². The fourth-order valence-electron chi connectivity index (χ4n) is 2.00. The lowest BCUT2D eigenvalue weighted by Crippen LogP contribution is -2.23. The summed E-state index contributed by atoms with van der Waals surface area (Å²) in [7, 11) is 0. The summed E-state index contributed by atoms with van der Waals surface area (Å²) in [6.07, 6.45) is 6.58. The van der Waals surface area contributed by atoms with Crippen LogP contribution in [0, 0.1) is 5.92 Å². The molecule has 0 aromatic heterocycles. The summed E-state index contributed by atoms with van der Waals surface area (Å²) in [6, 6.07) is 5.91. The Morgan fingerprint density at radius 1 is 1.26 bits per heavy atom. The van der Waals surface area contributed by atoms with Crippen molar-refractivity contribution in [3.8, 4) is 5.75 Å². The smallest absolute Gasteiger partial charge is 0.387 e. The summed E-state index contributed by atoms with van der Waals surface area (Å²) in [5.74, 6) is 0.0301. The van der Waals surface area contributed by atoms with Crippen LogP contribution in [-0.4, -0.2) is 12.5 Å². The van der Waals surface area contributed by atoms with Crippen molar-refractivity contribution in [2.45, 2.75) is 25.9 Å². The van der Waals surface area contributed by atoms with E-state index in [1.54, 1.807) is 12.1 Å². The third-order valence-electron chi connectivity index (χ3n) is 2.99. The molecule has 3 nitrogen and oxygen atoms in total. The number of rotatable bonds is 4. The van der Waals surface area contributed by atoms with E-state index in [2.05, 4.69) is 16.1 Å². The van der Waals surface area contributed by atoms with E-state index in [0.717, 1.165) is 19.3 Å². The summed E-state index contributed by atoms with van der Waals surface area (Å²) in [6.45, 7) is -2.84. The maximum absolute atomic E-state index is 12.0. The van der Waals surface area contributed by atoms with Crippen molar-refractivity contribution >= 4 is 11.6 Å². The number of carbonyl (C=O) groups is 1. The van der Waals surface area contributed by atoms with Crippen molar-refractivity contribution in [2.75, 3.05) is 5.32 Å². The topological polar surface area (TPSA) is 38.3 Å². The Kier molecular flexibility index (Phi) is 4.49. The monoisotopic (exact) mass is 267 g/mol. The highest BCUT2D eigenvalue weighted by Gasteiger charge is 2.18. The van der Waals surface area contributed by atoms with Gasteiger partial charge in [0.25, 0.3) is 0 Å². The van der Waals surface area contributed by atoms with Crippen LogP contribution in [0.5, 0.6) is 5.75 Å². The van der Waals surface area contributed by atoms with Crippen molar-refractivity contribution in [3.05, 3.63) is 36.4 Å². The van der Waals surface area contributed by atoms with Crippen molar-refractivity contribution < 1.29 is 18.3 Å². The van der Waals surface area contributed by atoms with Gasteiger partial charge in [-0.15, -0.1) is 0 Å². The fraction of sp³-hybridized carbons (Fsp3) is 0.357. The van der Waals surface area contributed by atoms with E-state index < -0.39 is 6.61 Å². The van der Waals surface area contributed by atoms with Gasteiger partial charge in [-0.1, -0.05) is 12.2 Å². The third kappa shape index (κ3) is 4.05. The van der Waals surface area contributed by atoms with E-state index in [4.69, 9.17) is 0 Å². The van der Waals surface area contributed by atoms with Crippen molar-refractivity contribution in [2.24, 2.45) is 5.92 Å². The van der Waals surface area contributed by atoms with Crippen molar-refractivity contribution in [1.82, 2.24) is 0 Å². The highest BCUT2D eigenvalue weighted by molar-refractivity contribution is 5.92. The Morgan fingerprint density at radius 2 is 2.00 bits per heavy atom. The molecule has 2 rings (SSSR count). The van der Waals surface area contributed by atoms with Crippen molar-refractivity contribution in [3.63, 3.8) is 0 Å². The molecule has 102 valence electrons. The Morgan fingerprint density at radius 3 is 2.58 bits per heavy atom. The number of benzene rings is 1. The van der Waals surface area contributed by atoms with Crippen LogP contribution < -0.4 is 10.1 Å². The standard InChI is InChI=1S/C14H15F2NO2/c15-14(16)19-12-8-6-11(7-9-12)17-13(18)10-4-2-1-3-5-10/h1-2,6-10,14H,3-5H2,(H,17,18)/t10-/m1/s1. The van der Waals surface area contributed by atoms with Gasteiger partial charge in [0, 0.05) is 11.6 Å². The van der Waals surface area contributed by atoms with Gasteiger partial charge >= 0.3 is 6.61 Å². The molecule has 0 spiro atoms. The summed E-state index contributed by atoms with van der Waals surface area (Å²) in [5, 5.41) is 2.78. The van der Waals surface area contributed by atoms with Crippen LogP contribution in [-0.2, 0) is 4.79 Å². The molecule has 1 atom stereocenters. The molecule has 1 amide bonds. The number of allylic oxidation sites excluding steroid dienone is 2. The zero-order valence-electron chi connectivity index (χ0n) is 10.3. The summed E-state index contributed by atoms with van der Waals surface area (Å²) in [5.41, 5.74) is 0.584. The summed E-state index contributed by atoms with van der Waals surface area (Å²) < 4.78 is 28.2. The van der Waals surface area contributed by atoms with Gasteiger partial charge in [-0.25, -0.2) is 0 Å². The molecule has 0 aliphatic heterocycles. The minimum atomic E-state index is -2.84. The number of carbonyl (C=O) groups excluding carboxylic acids is 1. The number of amides is 1. The number of hydrogen-bond donors (Lipinski definition) is 1. The first-order valence-corrected chi connectivity index (χ1v) is 6.16. The molecule has 0 heterocycles. The van der Waals surface area contributed by atoms with Gasteiger partial charge in [0.2, 0.25) is 5.91 Å². The van der Waals surface area contributed by atoms with Gasteiger partial charge in [-0.05, 0) is 43.5 Å². The quantitative estimate of drug-likeness (QED) is 0.847. The van der Waals surface area contributed by atoms with E-state index in [9.17, 15) is 13.6 Å². The maximum Gasteiger partial charge on any atom is 0.387 e. The number of ether oxygens (including phenoxy) is 1. The Bertz CT molecular complexity index is 457. The van der Waals surface area contributed by atoms with Gasteiger partial charge in [0.15, 0.2) is 0 Å². The minimum absolute atomic E-state index is 0.0120. The maximum atomic E-state index is 12.0. The molecule has 1 aliphatic rings. The molecule has 5 heteroatoms. The largest absolute Gasteiger partial charge is 0.435 e. The number of halogens is 2. The highest BCUT2D eigenvalue weighted by atomic mass is 19.3. The predicted molar refractivity (Wildman–Crippen MR) is 68.2 cm³/mol. The second-order valence-corrected chi connectivity index (χ2v) is 4.37. The van der Waals surface area contributed by atoms with Gasteiger partial charge in [-0.3, -0.25) is 4.79 Å². The second-order valence-electron chi connectivity index (χ2n) is 4.37. The molecule has 1 N–H and O–H groups in total. The molecule has 1 aliphatic carbocycles. The van der Waals surface area contributed by atoms with Gasteiger partial charge in [-0.2, -0.15) is 8.78 Å². The molecule has 0 bridgehead atoms. The Labute approximate surface area is 110 Å². The number of alkyl halides is 2. The van der Waals surface area contributed by atoms with E-state index in [0.29, 0.717) is 5.69 Å². The minimum Gasteiger partial charge on any atom is -0.435 e. The van der Waals surface area contributed by atoms with E-state index in [1.807, 2.05) is 6.08 Å². The second kappa shape index (κ2) is 6.31. The van der Waals surface area contributed by atoms with E-state index >= 15 is 0 Å². The van der Waals surface area contributed by atoms with Crippen LogP contribution in [0.4, 0.5) is 14.5 Å². The molecule has 1 aromatic rings. The Hall–Kier alpha value is -1.91. The molecular weight excluding hydrogens is 252 g/mol. The first-order valence-electron chi connectivity index (χ1n) is 6.16. The van der Waals surface area contributed by atoms with Crippen molar-refractivity contribution in [1.29, 1.82) is 0 Å². The molecule has 0 radical (unpaired) electrons. The summed E-state index contributed by atoms with van der Waals surface area (Å²) in [4.78, 5) is 11.9. The van der Waals surface area contributed by atoms with E-state index in [1.165, 1.54) is 12.1 Å². The Balaban J connectivity index is 1.91. The molecule has 19 heavy (non-hydrogen) atoms. The average molecular weight is 267 g/mol. The van der Waals surface area contributed by atoms with Crippen LogP contribution in [0.2, 0.25) is 0 Å². The summed E-state index contributed by atoms with van der Waals surface area (Å²) >= 11 is 0. The first kappa shape index (κ1) is 13.5. The first-order chi connectivity index (χ1) is 9.15. The predicted octanol–water partition coefficient (Wildman–Crippen LogP) is 3.58. The lowest BCUT2D eigenvalue weighted by molar-refractivity contribution is -0.120. The van der Waals surface area contributed by atoms with E-state index in [-0.39, 0.29) is 17.6 Å². The molecule has 0 saturated heterocycles. The molecule has 0 unspecified atom stereocenters. The molecule has 1 aromatic carbocycles. The average Bonchev–Trinajstić information content (AvgIpc) is 2.41. The normalized spacial score (nSPS) is 18.4. The molecule has 0 fully saturated rings. The van der Waals surface area contributed by atoms with Crippen LogP contribution >= 0.6 is 0 Å². The van der Waals surface area contributed by atoms with Crippen LogP contribution in [0.25, 0.3) is 0 Å². The lowest BCUT2D eigenvalue weighted by atomic mass is 9.93. The molecule has 0 saturated carbocycles.